The van der Waals surface area contributed by atoms with Crippen LogP contribution in [0.3, 0.4) is 0 Å². The second kappa shape index (κ2) is 6.13. The minimum Gasteiger partial charge on any atom is -0.497 e. The quantitative estimate of drug-likeness (QED) is 0.750. The van der Waals surface area contributed by atoms with Crippen LogP contribution in [0.1, 0.15) is 12.5 Å². The lowest BCUT2D eigenvalue weighted by Crippen LogP contribution is -2.44. The average Bonchev–Trinajstić information content (AvgIpc) is 3.29. The summed E-state index contributed by atoms with van der Waals surface area (Å²) in [5.41, 5.74) is 0.344. The van der Waals surface area contributed by atoms with E-state index in [1.807, 2.05) is 43.3 Å². The van der Waals surface area contributed by atoms with Gasteiger partial charge in [0.2, 0.25) is 11.8 Å². The number of fused-ring (bicyclic) bond motifs is 1. The highest BCUT2D eigenvalue weighted by molar-refractivity contribution is 5.93. The van der Waals surface area contributed by atoms with Crippen LogP contribution in [0, 0.1) is 11.8 Å². The number of rotatable bonds is 5. The van der Waals surface area contributed by atoms with Crippen LogP contribution in [0.15, 0.2) is 36.4 Å². The molecule has 0 unspecified atom stereocenters. The molecular weight excluding hydrogens is 332 g/mol. The van der Waals surface area contributed by atoms with E-state index >= 15 is 0 Å². The van der Waals surface area contributed by atoms with Crippen molar-refractivity contribution in [2.24, 2.45) is 11.8 Å². The third-order valence-electron chi connectivity index (χ3n) is 5.82. The molecule has 26 heavy (non-hydrogen) atoms. The molecule has 138 valence electrons. The first-order valence-corrected chi connectivity index (χ1v) is 9.03. The Balaban J connectivity index is 1.59. The summed E-state index contributed by atoms with van der Waals surface area (Å²) in [7, 11) is 3.40. The molecule has 0 radical (unpaired) electrons. The first-order chi connectivity index (χ1) is 12.5. The number of carbonyl (C=O) groups excluding carboxylic acids is 2. The summed E-state index contributed by atoms with van der Waals surface area (Å²) in [6, 6.07) is 7.70. The normalized spacial score (nSPS) is 31.4. The summed E-state index contributed by atoms with van der Waals surface area (Å²) in [4.78, 5) is 29.5. The third-order valence-corrected chi connectivity index (χ3v) is 5.82. The number of hydrogen-bond acceptors (Lipinski definition) is 4. The lowest BCUT2D eigenvalue weighted by Gasteiger charge is -2.27. The number of carbonyl (C=O) groups is 2. The molecule has 2 fully saturated rings. The lowest BCUT2D eigenvalue weighted by atomic mass is 9.76. The summed E-state index contributed by atoms with van der Waals surface area (Å²) >= 11 is 0. The summed E-state index contributed by atoms with van der Waals surface area (Å²) in [6.07, 6.45) is 3.65. The van der Waals surface area contributed by atoms with E-state index in [9.17, 15) is 9.59 Å². The minimum absolute atomic E-state index is 0.00234. The fraction of sp³-hybridized carbons (Fsp3) is 0.500. The van der Waals surface area contributed by atoms with Crippen LogP contribution in [-0.4, -0.2) is 60.6 Å². The highest BCUT2D eigenvalue weighted by Gasteiger charge is 2.66. The molecule has 0 saturated carbocycles. The van der Waals surface area contributed by atoms with Crippen LogP contribution >= 0.6 is 0 Å². The van der Waals surface area contributed by atoms with Gasteiger partial charge in [-0.05, 0) is 24.6 Å². The van der Waals surface area contributed by atoms with Gasteiger partial charge in [0.25, 0.3) is 0 Å². The smallest absolute Gasteiger partial charge is 0.230 e. The molecule has 0 N–H and O–H groups in total. The Labute approximate surface area is 153 Å². The first kappa shape index (κ1) is 17.1. The predicted octanol–water partition coefficient (Wildman–Crippen LogP) is 1.46. The number of nitrogens with zero attached hydrogens (tertiary/aromatic N) is 2. The number of amides is 2. The Kier molecular flexibility index (Phi) is 4.03. The van der Waals surface area contributed by atoms with Gasteiger partial charge in [-0.3, -0.25) is 9.59 Å². The van der Waals surface area contributed by atoms with Gasteiger partial charge < -0.3 is 19.3 Å². The van der Waals surface area contributed by atoms with Crippen molar-refractivity contribution in [2.45, 2.75) is 25.2 Å². The topological polar surface area (TPSA) is 59.1 Å². The van der Waals surface area contributed by atoms with Crippen LogP contribution in [0.25, 0.3) is 0 Å². The standard InChI is InChI=1S/C20H24N2O4/c1-4-21(2)18(23)16-15-8-9-20(26-15)12-22(19(24)17(16)20)11-13-6-5-7-14(10-13)25-3/h5-10,15-17H,4,11-12H2,1-3H3/t15-,16-,17-,20-/m0/s1. The Morgan fingerprint density at radius 2 is 2.27 bits per heavy atom. The highest BCUT2D eigenvalue weighted by atomic mass is 16.5. The number of benzene rings is 1. The largest absolute Gasteiger partial charge is 0.497 e. The molecule has 1 aromatic carbocycles. The van der Waals surface area contributed by atoms with Crippen molar-refractivity contribution < 1.29 is 19.1 Å². The molecule has 0 aromatic heterocycles. The van der Waals surface area contributed by atoms with Crippen LogP contribution in [0.2, 0.25) is 0 Å². The van der Waals surface area contributed by atoms with Gasteiger partial charge in [0.05, 0.1) is 31.6 Å². The van der Waals surface area contributed by atoms with E-state index in [2.05, 4.69) is 0 Å². The van der Waals surface area contributed by atoms with Gasteiger partial charge >= 0.3 is 0 Å². The van der Waals surface area contributed by atoms with E-state index in [0.717, 1.165) is 11.3 Å². The Hall–Kier alpha value is -2.34. The van der Waals surface area contributed by atoms with E-state index in [-0.39, 0.29) is 17.9 Å². The number of methoxy groups -OCH3 is 1. The second-order valence-corrected chi connectivity index (χ2v) is 7.30. The van der Waals surface area contributed by atoms with Crippen LogP contribution in [-0.2, 0) is 20.9 Å². The van der Waals surface area contributed by atoms with E-state index in [1.54, 1.807) is 24.0 Å². The van der Waals surface area contributed by atoms with Crippen LogP contribution < -0.4 is 4.74 Å². The molecule has 0 aliphatic carbocycles. The van der Waals surface area contributed by atoms with Crippen molar-refractivity contribution in [1.82, 2.24) is 9.80 Å². The van der Waals surface area contributed by atoms with Gasteiger partial charge in [-0.1, -0.05) is 24.3 Å². The van der Waals surface area contributed by atoms with Gasteiger partial charge in [0.1, 0.15) is 11.4 Å². The summed E-state index contributed by atoms with van der Waals surface area (Å²) < 4.78 is 11.4. The van der Waals surface area contributed by atoms with Crippen molar-refractivity contribution in [2.75, 3.05) is 27.2 Å². The SMILES string of the molecule is CCN(C)C(=O)[C@H]1[C@@H]2C=C[C@@]3(CN(Cc4cccc(OC)c4)C(=O)[C@H]13)O2. The van der Waals surface area contributed by atoms with E-state index in [1.165, 1.54) is 0 Å². The summed E-state index contributed by atoms with van der Waals surface area (Å²) in [6.45, 7) is 3.53. The summed E-state index contributed by atoms with van der Waals surface area (Å²) in [5.74, 6) is -0.0904. The van der Waals surface area contributed by atoms with Crippen molar-refractivity contribution in [1.29, 1.82) is 0 Å². The third kappa shape index (κ3) is 2.43. The molecule has 6 heteroatoms. The fourth-order valence-electron chi connectivity index (χ4n) is 4.40. The molecule has 3 aliphatic heterocycles. The van der Waals surface area contributed by atoms with Crippen molar-refractivity contribution >= 4 is 11.8 Å². The molecule has 1 aromatic rings. The monoisotopic (exact) mass is 356 g/mol. The van der Waals surface area contributed by atoms with Gasteiger partial charge in [0, 0.05) is 20.1 Å². The first-order valence-electron chi connectivity index (χ1n) is 9.03. The van der Waals surface area contributed by atoms with Crippen molar-refractivity contribution in [3.63, 3.8) is 0 Å². The lowest BCUT2D eigenvalue weighted by molar-refractivity contribution is -0.142. The summed E-state index contributed by atoms with van der Waals surface area (Å²) in [5, 5.41) is 0. The van der Waals surface area contributed by atoms with Gasteiger partial charge in [0.15, 0.2) is 0 Å². The molecular formula is C20H24N2O4. The molecule has 4 rings (SSSR count). The zero-order valence-corrected chi connectivity index (χ0v) is 15.3. The van der Waals surface area contributed by atoms with Gasteiger partial charge in [-0.25, -0.2) is 0 Å². The molecule has 1 spiro atoms. The zero-order valence-electron chi connectivity index (χ0n) is 15.3. The van der Waals surface area contributed by atoms with Crippen molar-refractivity contribution in [3.05, 3.63) is 42.0 Å². The number of ether oxygens (including phenoxy) is 2. The van der Waals surface area contributed by atoms with E-state index < -0.39 is 17.4 Å². The van der Waals surface area contributed by atoms with Crippen LogP contribution in [0.4, 0.5) is 0 Å². The van der Waals surface area contributed by atoms with Crippen molar-refractivity contribution in [3.8, 4) is 5.75 Å². The maximum absolute atomic E-state index is 13.2. The van der Waals surface area contributed by atoms with Crippen LogP contribution in [0.5, 0.6) is 5.75 Å². The highest BCUT2D eigenvalue weighted by Crippen LogP contribution is 2.52. The molecule has 2 bridgehead atoms. The molecule has 3 heterocycles. The second-order valence-electron chi connectivity index (χ2n) is 7.30. The maximum atomic E-state index is 13.2. The maximum Gasteiger partial charge on any atom is 0.230 e. The molecule has 6 nitrogen and oxygen atoms in total. The fourth-order valence-corrected chi connectivity index (χ4v) is 4.40. The molecule has 3 aliphatic rings. The van der Waals surface area contributed by atoms with Gasteiger partial charge in [-0.2, -0.15) is 0 Å². The molecule has 2 amide bonds. The van der Waals surface area contributed by atoms with E-state index in [4.69, 9.17) is 9.47 Å². The molecule has 2 saturated heterocycles. The predicted molar refractivity (Wildman–Crippen MR) is 95.4 cm³/mol. The zero-order chi connectivity index (χ0) is 18.5. The minimum atomic E-state index is -0.657. The number of hydrogen-bond donors (Lipinski definition) is 0. The number of likely N-dealkylation sites (tertiary alicyclic amines) is 1. The van der Waals surface area contributed by atoms with Gasteiger partial charge in [-0.15, -0.1) is 0 Å². The Bertz CT molecular complexity index is 777. The Morgan fingerprint density at radius 1 is 1.46 bits per heavy atom. The van der Waals surface area contributed by atoms with E-state index in [0.29, 0.717) is 19.6 Å². The Morgan fingerprint density at radius 3 is 3.00 bits per heavy atom. The average molecular weight is 356 g/mol. The molecule has 4 atom stereocenters.